The molecule has 0 aromatic rings. The molecule has 2 fully saturated rings. The number of likely N-dealkylation sites (tertiary alicyclic amines) is 2. The van der Waals surface area contributed by atoms with E-state index in [1.165, 1.54) is 4.90 Å². The lowest BCUT2D eigenvalue weighted by molar-refractivity contribution is -0.137. The normalized spacial score (nSPS) is 25.5. The second-order valence-corrected chi connectivity index (χ2v) is 5.98. The van der Waals surface area contributed by atoms with Gasteiger partial charge in [0.25, 0.3) is 0 Å². The Balaban J connectivity index is 1.99. The first kappa shape index (κ1) is 15.1. The Morgan fingerprint density at radius 1 is 1.05 bits per heavy atom. The molecular weight excluding hydrogens is 258 g/mol. The zero-order valence-corrected chi connectivity index (χ0v) is 12.4. The lowest BCUT2D eigenvalue weighted by atomic mass is 9.94. The van der Waals surface area contributed by atoms with Gasteiger partial charge in [-0.2, -0.15) is 0 Å². The maximum atomic E-state index is 12.3. The molecule has 2 saturated heterocycles. The zero-order chi connectivity index (χ0) is 14.7. The molecule has 114 valence electrons. The first-order valence-corrected chi connectivity index (χ1v) is 7.45. The molecule has 1 atom stereocenters. The Morgan fingerprint density at radius 2 is 1.70 bits per heavy atom. The molecule has 1 N–H and O–H groups in total. The molecule has 2 aliphatic rings. The van der Waals surface area contributed by atoms with Gasteiger partial charge in [0.05, 0.1) is 6.04 Å². The van der Waals surface area contributed by atoms with Crippen LogP contribution in [0.5, 0.6) is 0 Å². The van der Waals surface area contributed by atoms with Crippen molar-refractivity contribution in [2.45, 2.75) is 44.2 Å². The van der Waals surface area contributed by atoms with Crippen LogP contribution in [-0.2, 0) is 4.79 Å². The summed E-state index contributed by atoms with van der Waals surface area (Å²) in [5.74, 6) is 0.186. The average Bonchev–Trinajstić information content (AvgIpc) is 2.46. The van der Waals surface area contributed by atoms with E-state index in [1.54, 1.807) is 4.90 Å². The number of rotatable bonds is 2. The minimum Gasteiger partial charge on any atom is -0.465 e. The second-order valence-electron chi connectivity index (χ2n) is 5.98. The van der Waals surface area contributed by atoms with Crippen molar-refractivity contribution in [1.29, 1.82) is 0 Å². The lowest BCUT2D eigenvalue weighted by Gasteiger charge is -2.44. The van der Waals surface area contributed by atoms with Crippen LogP contribution in [0.15, 0.2) is 0 Å². The van der Waals surface area contributed by atoms with Crippen LogP contribution in [0.2, 0.25) is 0 Å². The van der Waals surface area contributed by atoms with E-state index in [0.29, 0.717) is 19.1 Å². The van der Waals surface area contributed by atoms with Crippen molar-refractivity contribution < 1.29 is 14.7 Å². The zero-order valence-electron chi connectivity index (χ0n) is 12.4. The topological polar surface area (TPSA) is 64.1 Å². The van der Waals surface area contributed by atoms with Crippen molar-refractivity contribution in [3.63, 3.8) is 0 Å². The summed E-state index contributed by atoms with van der Waals surface area (Å²) in [6.07, 6.45) is 4.01. The third kappa shape index (κ3) is 3.23. The van der Waals surface area contributed by atoms with Crippen molar-refractivity contribution in [2.24, 2.45) is 0 Å². The maximum absolute atomic E-state index is 12.3. The number of hydrogen-bond acceptors (Lipinski definition) is 3. The SMILES string of the molecule is CN(C)C(=O)C1CCCCN1C1CCN(C(=O)O)CC1. The first-order valence-electron chi connectivity index (χ1n) is 7.45. The van der Waals surface area contributed by atoms with Crippen LogP contribution >= 0.6 is 0 Å². The highest BCUT2D eigenvalue weighted by molar-refractivity contribution is 5.81. The van der Waals surface area contributed by atoms with Gasteiger partial charge in [-0.1, -0.05) is 6.42 Å². The molecule has 0 spiro atoms. The number of carbonyl (C=O) groups excluding carboxylic acids is 1. The van der Waals surface area contributed by atoms with E-state index in [9.17, 15) is 9.59 Å². The van der Waals surface area contributed by atoms with Crippen molar-refractivity contribution in [3.05, 3.63) is 0 Å². The van der Waals surface area contributed by atoms with Gasteiger partial charge >= 0.3 is 6.09 Å². The van der Waals surface area contributed by atoms with Gasteiger partial charge in [0.15, 0.2) is 0 Å². The van der Waals surface area contributed by atoms with Crippen LogP contribution in [0.1, 0.15) is 32.1 Å². The first-order chi connectivity index (χ1) is 9.50. The van der Waals surface area contributed by atoms with Gasteiger partial charge in [0, 0.05) is 33.2 Å². The fourth-order valence-electron chi connectivity index (χ4n) is 3.34. The Morgan fingerprint density at radius 3 is 2.25 bits per heavy atom. The highest BCUT2D eigenvalue weighted by atomic mass is 16.4. The summed E-state index contributed by atoms with van der Waals surface area (Å²) < 4.78 is 0. The molecule has 1 unspecified atom stereocenters. The highest BCUT2D eigenvalue weighted by Crippen LogP contribution is 2.26. The molecule has 0 radical (unpaired) electrons. The van der Waals surface area contributed by atoms with E-state index in [0.717, 1.165) is 38.6 Å². The van der Waals surface area contributed by atoms with Gasteiger partial charge < -0.3 is 14.9 Å². The van der Waals surface area contributed by atoms with E-state index < -0.39 is 6.09 Å². The third-order valence-electron chi connectivity index (χ3n) is 4.47. The molecule has 0 aliphatic carbocycles. The molecule has 2 aliphatic heterocycles. The smallest absolute Gasteiger partial charge is 0.407 e. The van der Waals surface area contributed by atoms with Gasteiger partial charge in [0.2, 0.25) is 5.91 Å². The van der Waals surface area contributed by atoms with Crippen LogP contribution in [-0.4, -0.2) is 77.6 Å². The van der Waals surface area contributed by atoms with Crippen LogP contribution in [0.3, 0.4) is 0 Å². The number of hydrogen-bond donors (Lipinski definition) is 1. The van der Waals surface area contributed by atoms with E-state index in [2.05, 4.69) is 4.90 Å². The minimum absolute atomic E-state index is 0.0138. The molecule has 0 bridgehead atoms. The van der Waals surface area contributed by atoms with Crippen LogP contribution in [0.25, 0.3) is 0 Å². The Labute approximate surface area is 120 Å². The number of likely N-dealkylation sites (N-methyl/N-ethyl adjacent to an activating group) is 1. The van der Waals surface area contributed by atoms with Gasteiger partial charge in [-0.25, -0.2) is 4.79 Å². The fourth-order valence-corrected chi connectivity index (χ4v) is 3.34. The number of carbonyl (C=O) groups is 2. The van der Waals surface area contributed by atoms with Crippen LogP contribution in [0.4, 0.5) is 4.79 Å². The number of carboxylic acid groups (broad SMARTS) is 1. The molecule has 2 rings (SSSR count). The standard InChI is InChI=1S/C14H25N3O3/c1-15(2)13(18)12-5-3-4-8-17(12)11-6-9-16(10-7-11)14(19)20/h11-12H,3-10H2,1-2H3,(H,19,20). The largest absolute Gasteiger partial charge is 0.465 e. The number of amides is 2. The van der Waals surface area contributed by atoms with Crippen molar-refractivity contribution in [1.82, 2.24) is 14.7 Å². The molecule has 0 aromatic heterocycles. The molecule has 0 aromatic carbocycles. The van der Waals surface area contributed by atoms with Gasteiger partial charge in [-0.15, -0.1) is 0 Å². The summed E-state index contributed by atoms with van der Waals surface area (Å²) in [5.41, 5.74) is 0. The molecule has 6 nitrogen and oxygen atoms in total. The lowest BCUT2D eigenvalue weighted by Crippen LogP contribution is -2.56. The number of nitrogens with zero attached hydrogens (tertiary/aromatic N) is 3. The molecule has 2 amide bonds. The van der Waals surface area contributed by atoms with E-state index in [4.69, 9.17) is 5.11 Å². The third-order valence-corrected chi connectivity index (χ3v) is 4.47. The second kappa shape index (κ2) is 6.43. The average molecular weight is 283 g/mol. The number of piperidine rings is 2. The quantitative estimate of drug-likeness (QED) is 0.823. The van der Waals surface area contributed by atoms with Gasteiger partial charge in [-0.05, 0) is 32.2 Å². The summed E-state index contributed by atoms with van der Waals surface area (Å²) in [4.78, 5) is 28.7. The summed E-state index contributed by atoms with van der Waals surface area (Å²) >= 11 is 0. The Bertz CT molecular complexity index is 365. The highest BCUT2D eigenvalue weighted by Gasteiger charge is 2.36. The fraction of sp³-hybridized carbons (Fsp3) is 0.857. The van der Waals surface area contributed by atoms with Crippen molar-refractivity contribution in [2.75, 3.05) is 33.7 Å². The molecular formula is C14H25N3O3. The summed E-state index contributed by atoms with van der Waals surface area (Å²) in [5, 5.41) is 9.00. The van der Waals surface area contributed by atoms with Gasteiger partial charge in [0.1, 0.15) is 0 Å². The van der Waals surface area contributed by atoms with Gasteiger partial charge in [-0.3, -0.25) is 9.69 Å². The van der Waals surface area contributed by atoms with Crippen molar-refractivity contribution >= 4 is 12.0 Å². The van der Waals surface area contributed by atoms with Crippen molar-refractivity contribution in [3.8, 4) is 0 Å². The monoisotopic (exact) mass is 283 g/mol. The molecule has 0 saturated carbocycles. The van der Waals surface area contributed by atoms with E-state index in [1.807, 2.05) is 14.1 Å². The summed E-state index contributed by atoms with van der Waals surface area (Å²) in [7, 11) is 3.62. The summed E-state index contributed by atoms with van der Waals surface area (Å²) in [6.45, 7) is 2.13. The Hall–Kier alpha value is -1.30. The molecule has 20 heavy (non-hydrogen) atoms. The maximum Gasteiger partial charge on any atom is 0.407 e. The molecule has 6 heteroatoms. The van der Waals surface area contributed by atoms with E-state index in [-0.39, 0.29) is 11.9 Å². The predicted molar refractivity (Wildman–Crippen MR) is 75.7 cm³/mol. The van der Waals surface area contributed by atoms with Crippen LogP contribution < -0.4 is 0 Å². The predicted octanol–water partition coefficient (Wildman–Crippen LogP) is 1.07. The summed E-state index contributed by atoms with van der Waals surface area (Å²) in [6, 6.07) is 0.333. The van der Waals surface area contributed by atoms with E-state index >= 15 is 0 Å². The minimum atomic E-state index is -0.831. The Kier molecular flexibility index (Phi) is 4.86. The van der Waals surface area contributed by atoms with Crippen LogP contribution in [0, 0.1) is 0 Å². The molecule has 2 heterocycles.